The van der Waals surface area contributed by atoms with Gasteiger partial charge in [0.25, 0.3) is 5.91 Å². The van der Waals surface area contributed by atoms with E-state index in [1.54, 1.807) is 12.1 Å². The number of halogens is 2. The number of aromatic nitrogens is 2. The molecule has 28 heavy (non-hydrogen) atoms. The molecule has 0 saturated carbocycles. The number of nitrogens with two attached hydrogens (primary N) is 1. The van der Waals surface area contributed by atoms with Crippen LogP contribution in [0.25, 0.3) is 22.4 Å². The molecule has 1 amide bonds. The molecule has 7 heteroatoms. The zero-order valence-electron chi connectivity index (χ0n) is 15.8. The largest absolute Gasteiger partial charge is 0.382 e. The third-order valence-electron chi connectivity index (χ3n) is 3.94. The first kappa shape index (κ1) is 19.4. The van der Waals surface area contributed by atoms with Crippen molar-refractivity contribution in [1.29, 1.82) is 0 Å². The molecule has 1 aromatic heterocycles. The summed E-state index contributed by atoms with van der Waals surface area (Å²) < 4.78 is 28.5. The second-order valence-electron chi connectivity index (χ2n) is 7.42. The Morgan fingerprint density at radius 1 is 1.00 bits per heavy atom. The molecule has 3 aromatic rings. The molecule has 3 rings (SSSR count). The smallest absolute Gasteiger partial charge is 0.252 e. The number of rotatable bonds is 3. The third-order valence-corrected chi connectivity index (χ3v) is 3.94. The van der Waals surface area contributed by atoms with Gasteiger partial charge in [0, 0.05) is 11.1 Å². The van der Waals surface area contributed by atoms with Crippen LogP contribution in [0, 0.1) is 11.6 Å². The van der Waals surface area contributed by atoms with Crippen molar-refractivity contribution >= 4 is 11.7 Å². The monoisotopic (exact) mass is 382 g/mol. The first-order valence-electron chi connectivity index (χ1n) is 8.64. The van der Waals surface area contributed by atoms with Gasteiger partial charge in [-0.3, -0.25) is 9.78 Å². The highest BCUT2D eigenvalue weighted by atomic mass is 19.1. The van der Waals surface area contributed by atoms with Crippen molar-refractivity contribution in [2.45, 2.75) is 26.3 Å². The van der Waals surface area contributed by atoms with Crippen LogP contribution in [-0.4, -0.2) is 21.4 Å². The molecule has 0 spiro atoms. The minimum atomic E-state index is -0.544. The second-order valence-corrected chi connectivity index (χ2v) is 7.42. The number of amides is 1. The van der Waals surface area contributed by atoms with Crippen molar-refractivity contribution in [3.63, 3.8) is 0 Å². The Morgan fingerprint density at radius 3 is 2.32 bits per heavy atom. The van der Waals surface area contributed by atoms with E-state index in [0.717, 1.165) is 6.07 Å². The number of benzene rings is 2. The van der Waals surface area contributed by atoms with Gasteiger partial charge < -0.3 is 11.1 Å². The summed E-state index contributed by atoms with van der Waals surface area (Å²) in [5, 5.41) is 2.80. The predicted molar refractivity (Wildman–Crippen MR) is 104 cm³/mol. The molecule has 144 valence electrons. The highest BCUT2D eigenvalue weighted by Gasteiger charge is 2.20. The summed E-state index contributed by atoms with van der Waals surface area (Å²) in [6, 6.07) is 8.32. The average molecular weight is 382 g/mol. The SMILES string of the molecule is CC(C)(C)NC(=O)c1cc(F)ccc1-c1ccc(-c2cnc(N)cn2)c(F)c1. The maximum atomic E-state index is 14.7. The maximum Gasteiger partial charge on any atom is 0.252 e. The van der Waals surface area contributed by atoms with E-state index in [0.29, 0.717) is 16.8 Å². The molecule has 0 unspecified atom stereocenters. The minimum Gasteiger partial charge on any atom is -0.382 e. The zero-order chi connectivity index (χ0) is 20.5. The van der Waals surface area contributed by atoms with Crippen LogP contribution in [-0.2, 0) is 0 Å². The van der Waals surface area contributed by atoms with Crippen molar-refractivity contribution in [2.24, 2.45) is 0 Å². The summed E-state index contributed by atoms with van der Waals surface area (Å²) in [6.45, 7) is 5.48. The van der Waals surface area contributed by atoms with Crippen LogP contribution in [0.2, 0.25) is 0 Å². The number of hydrogen-bond acceptors (Lipinski definition) is 4. The summed E-state index contributed by atoms with van der Waals surface area (Å²) in [7, 11) is 0. The quantitative estimate of drug-likeness (QED) is 0.711. The maximum absolute atomic E-state index is 14.7. The van der Waals surface area contributed by atoms with Crippen molar-refractivity contribution < 1.29 is 13.6 Å². The van der Waals surface area contributed by atoms with Gasteiger partial charge in [-0.05, 0) is 56.2 Å². The van der Waals surface area contributed by atoms with E-state index in [-0.39, 0.29) is 16.9 Å². The van der Waals surface area contributed by atoms with Crippen LogP contribution >= 0.6 is 0 Å². The van der Waals surface area contributed by atoms with Gasteiger partial charge >= 0.3 is 0 Å². The number of nitrogens with zero attached hydrogens (tertiary/aromatic N) is 2. The molecular formula is C21H20F2N4O. The van der Waals surface area contributed by atoms with Gasteiger partial charge in [0.05, 0.1) is 23.7 Å². The molecule has 0 aliphatic rings. The molecule has 0 aliphatic heterocycles. The fourth-order valence-electron chi connectivity index (χ4n) is 2.73. The fraction of sp³-hybridized carbons (Fsp3) is 0.190. The van der Waals surface area contributed by atoms with Gasteiger partial charge in [-0.2, -0.15) is 0 Å². The standard InChI is InChI=1S/C21H20F2N4O/c1-21(2,3)27-20(28)16-9-13(22)5-7-14(16)12-4-6-15(17(23)8-12)18-10-26-19(24)11-25-18/h4-11H,1-3H3,(H2,24,26)(H,27,28). The van der Waals surface area contributed by atoms with E-state index in [2.05, 4.69) is 15.3 Å². The summed E-state index contributed by atoms with van der Waals surface area (Å²) in [5.74, 6) is -1.28. The highest BCUT2D eigenvalue weighted by Crippen LogP contribution is 2.29. The van der Waals surface area contributed by atoms with Crippen molar-refractivity contribution in [1.82, 2.24) is 15.3 Å². The Kier molecular flexibility index (Phi) is 5.09. The van der Waals surface area contributed by atoms with Crippen LogP contribution in [0.4, 0.5) is 14.6 Å². The number of carbonyl (C=O) groups excluding carboxylic acids is 1. The van der Waals surface area contributed by atoms with E-state index in [9.17, 15) is 13.6 Å². The number of nitrogens with one attached hydrogen (secondary N) is 1. The van der Waals surface area contributed by atoms with E-state index in [1.807, 2.05) is 20.8 Å². The van der Waals surface area contributed by atoms with Gasteiger partial charge in [0.15, 0.2) is 0 Å². The van der Waals surface area contributed by atoms with Crippen molar-refractivity contribution in [2.75, 3.05) is 5.73 Å². The van der Waals surface area contributed by atoms with Gasteiger partial charge in [0.1, 0.15) is 17.5 Å². The first-order chi connectivity index (χ1) is 13.1. The summed E-state index contributed by atoms with van der Waals surface area (Å²) in [4.78, 5) is 20.6. The molecule has 0 saturated heterocycles. The number of hydrogen-bond donors (Lipinski definition) is 2. The van der Waals surface area contributed by atoms with E-state index < -0.39 is 23.1 Å². The van der Waals surface area contributed by atoms with Gasteiger partial charge in [0.2, 0.25) is 0 Å². The number of nitrogen functional groups attached to an aromatic ring is 1. The van der Waals surface area contributed by atoms with E-state index in [4.69, 9.17) is 5.73 Å². The molecule has 2 aromatic carbocycles. The van der Waals surface area contributed by atoms with Gasteiger partial charge in [-0.1, -0.05) is 12.1 Å². The molecule has 1 heterocycles. The highest BCUT2D eigenvalue weighted by molar-refractivity contribution is 6.01. The Balaban J connectivity index is 2.03. The lowest BCUT2D eigenvalue weighted by Gasteiger charge is -2.21. The third kappa shape index (κ3) is 4.31. The van der Waals surface area contributed by atoms with Crippen LogP contribution in [0.15, 0.2) is 48.8 Å². The fourth-order valence-corrected chi connectivity index (χ4v) is 2.73. The van der Waals surface area contributed by atoms with Gasteiger partial charge in [-0.15, -0.1) is 0 Å². The number of carbonyl (C=O) groups is 1. The van der Waals surface area contributed by atoms with Crippen molar-refractivity contribution in [3.05, 3.63) is 66.0 Å². The van der Waals surface area contributed by atoms with E-state index >= 15 is 0 Å². The lowest BCUT2D eigenvalue weighted by Crippen LogP contribution is -2.40. The molecule has 3 N–H and O–H groups in total. The lowest BCUT2D eigenvalue weighted by molar-refractivity contribution is 0.0919. The Bertz CT molecular complexity index is 1030. The minimum absolute atomic E-state index is 0.134. The van der Waals surface area contributed by atoms with Crippen LogP contribution < -0.4 is 11.1 Å². The average Bonchev–Trinajstić information content (AvgIpc) is 2.61. The molecular weight excluding hydrogens is 362 g/mol. The summed E-state index contributed by atoms with van der Waals surface area (Å²) >= 11 is 0. The molecule has 5 nitrogen and oxygen atoms in total. The molecule has 0 aliphatic carbocycles. The predicted octanol–water partition coefficient (Wildman–Crippen LogP) is 4.20. The Labute approximate surface area is 161 Å². The lowest BCUT2D eigenvalue weighted by atomic mass is 9.96. The van der Waals surface area contributed by atoms with Crippen LogP contribution in [0.3, 0.4) is 0 Å². The first-order valence-corrected chi connectivity index (χ1v) is 8.64. The Hall–Kier alpha value is -3.35. The summed E-state index contributed by atoms with van der Waals surface area (Å²) in [5.41, 5.74) is 6.61. The van der Waals surface area contributed by atoms with E-state index in [1.165, 1.54) is 30.6 Å². The zero-order valence-corrected chi connectivity index (χ0v) is 15.8. The van der Waals surface area contributed by atoms with Crippen LogP contribution in [0.1, 0.15) is 31.1 Å². The molecule has 0 fully saturated rings. The number of anilines is 1. The summed E-state index contributed by atoms with van der Waals surface area (Å²) in [6.07, 6.45) is 2.73. The molecule has 0 radical (unpaired) electrons. The van der Waals surface area contributed by atoms with Crippen molar-refractivity contribution in [3.8, 4) is 22.4 Å². The topological polar surface area (TPSA) is 80.9 Å². The molecule has 0 atom stereocenters. The normalized spacial score (nSPS) is 11.3. The van der Waals surface area contributed by atoms with Gasteiger partial charge in [-0.25, -0.2) is 13.8 Å². The second kappa shape index (κ2) is 7.34. The van der Waals surface area contributed by atoms with Crippen LogP contribution in [0.5, 0.6) is 0 Å². The Morgan fingerprint density at radius 2 is 1.71 bits per heavy atom. The molecule has 0 bridgehead atoms.